The minimum Gasteiger partial charge on any atom is -0.478 e. The summed E-state index contributed by atoms with van der Waals surface area (Å²) in [7, 11) is 6.78. The second-order valence-corrected chi connectivity index (χ2v) is 14.7. The molecule has 312 valence electrons. The van der Waals surface area contributed by atoms with Gasteiger partial charge in [-0.15, -0.1) is 0 Å². The first kappa shape index (κ1) is 48.9. The maximum Gasteiger partial charge on any atom is 0.412 e. The highest BCUT2D eigenvalue weighted by Crippen LogP contribution is 2.16. The molecule has 0 atom stereocenters. The van der Waals surface area contributed by atoms with E-state index in [2.05, 4.69) is 10.6 Å². The minimum absolute atomic E-state index is 0.0256. The molecule has 0 aliphatic rings. The van der Waals surface area contributed by atoms with Crippen LogP contribution in [0.15, 0.2) is 97.1 Å². The number of amides is 4. The van der Waals surface area contributed by atoms with Gasteiger partial charge in [-0.1, -0.05) is 24.3 Å². The number of nitrogens with two attached hydrogens (primary N) is 2. The van der Waals surface area contributed by atoms with E-state index in [1.54, 1.807) is 143 Å². The molecule has 0 saturated carbocycles. The molecular weight excluding hydrogens is 748 g/mol. The van der Waals surface area contributed by atoms with Crippen LogP contribution in [-0.4, -0.2) is 95.3 Å². The second kappa shape index (κ2) is 22.5. The Kier molecular flexibility index (Phi) is 18.9. The van der Waals surface area contributed by atoms with E-state index in [0.717, 1.165) is 0 Å². The molecule has 58 heavy (non-hydrogen) atoms. The number of nitrogens with one attached hydrogen (secondary N) is 2. The molecule has 16 nitrogen and oxygen atoms in total. The van der Waals surface area contributed by atoms with Crippen molar-refractivity contribution in [2.75, 3.05) is 50.3 Å². The third kappa shape index (κ3) is 20.0. The fraction of sp³-hybridized carbons (Fsp3) is 0.286. The first-order valence-electron chi connectivity index (χ1n) is 17.6. The maximum absolute atomic E-state index is 11.8. The predicted molar refractivity (Wildman–Crippen MR) is 224 cm³/mol. The summed E-state index contributed by atoms with van der Waals surface area (Å²) in [6.07, 6.45) is -1.15. The quantitative estimate of drug-likeness (QED) is 0.104. The van der Waals surface area contributed by atoms with Gasteiger partial charge in [-0.3, -0.25) is 20.2 Å². The topological polar surface area (TPSA) is 244 Å². The van der Waals surface area contributed by atoms with Crippen LogP contribution in [-0.2, 0) is 9.47 Å². The number of nitrogen functional groups attached to an aromatic ring is 2. The van der Waals surface area contributed by atoms with Gasteiger partial charge in [0.15, 0.2) is 0 Å². The number of carbonyl (C=O) groups is 6. The van der Waals surface area contributed by atoms with E-state index in [9.17, 15) is 28.8 Å². The van der Waals surface area contributed by atoms with Crippen molar-refractivity contribution in [3.05, 3.63) is 119 Å². The lowest BCUT2D eigenvalue weighted by molar-refractivity contribution is 0.0624. The van der Waals surface area contributed by atoms with Gasteiger partial charge in [0.1, 0.15) is 11.2 Å². The molecule has 0 spiro atoms. The normalized spacial score (nSPS) is 10.2. The van der Waals surface area contributed by atoms with Crippen LogP contribution < -0.4 is 22.1 Å². The van der Waals surface area contributed by atoms with E-state index < -0.39 is 35.3 Å². The van der Waals surface area contributed by atoms with Crippen LogP contribution in [0.1, 0.15) is 83.0 Å². The second-order valence-electron chi connectivity index (χ2n) is 14.7. The van der Waals surface area contributed by atoms with Gasteiger partial charge in [0, 0.05) is 62.1 Å². The van der Waals surface area contributed by atoms with Crippen molar-refractivity contribution in [3.8, 4) is 0 Å². The molecule has 0 saturated heterocycles. The lowest BCUT2D eigenvalue weighted by atomic mass is 10.2. The van der Waals surface area contributed by atoms with Crippen molar-refractivity contribution in [2.45, 2.75) is 52.7 Å². The van der Waals surface area contributed by atoms with Crippen molar-refractivity contribution in [3.63, 3.8) is 0 Å². The number of anilines is 4. The predicted octanol–water partition coefficient (Wildman–Crippen LogP) is 7.40. The van der Waals surface area contributed by atoms with Crippen LogP contribution in [0, 0.1) is 0 Å². The van der Waals surface area contributed by atoms with Crippen molar-refractivity contribution in [1.82, 2.24) is 9.80 Å². The van der Waals surface area contributed by atoms with Gasteiger partial charge in [0.2, 0.25) is 0 Å². The van der Waals surface area contributed by atoms with Crippen molar-refractivity contribution in [1.29, 1.82) is 0 Å². The van der Waals surface area contributed by atoms with Gasteiger partial charge in [0.25, 0.3) is 11.8 Å². The number of carbonyl (C=O) groups excluding carboxylic acids is 4. The maximum atomic E-state index is 11.8. The summed E-state index contributed by atoms with van der Waals surface area (Å²) >= 11 is 0. The molecular formula is C42H54N6O10. The fourth-order valence-corrected chi connectivity index (χ4v) is 4.16. The average molecular weight is 803 g/mol. The monoisotopic (exact) mass is 802 g/mol. The number of nitrogens with zero attached hydrogens (tertiary/aromatic N) is 2. The summed E-state index contributed by atoms with van der Waals surface area (Å²) in [6, 6.07) is 25.8. The minimum atomic E-state index is -1.04. The largest absolute Gasteiger partial charge is 0.478 e. The summed E-state index contributed by atoms with van der Waals surface area (Å²) in [5.41, 5.74) is 13.2. The molecule has 0 aromatic heterocycles. The standard InChI is InChI=1S/C14H20N2O3.C12H15NO4.C9H12N2O.C7H7NO2/c1-14(2,3)19-13(18)15-11-8-6-7-10(9-11)12(17)16(4)5;1-12(2,3)17-11(16)13-9-6-4-5-8(7-9)10(14)15;1-11(2)9(12)7-4-3-5-8(10)6-7;8-6-3-1-2-5(4-6)7(9)10/h6-9H,1-5H3,(H,15,18);4-7H,1-3H3,(H,13,16)(H,14,15);3-6H,10H2,1-2H3;1-4H,8H2,(H,9,10). The van der Waals surface area contributed by atoms with Gasteiger partial charge < -0.3 is 41.0 Å². The van der Waals surface area contributed by atoms with Crippen molar-refractivity contribution < 1.29 is 48.5 Å². The number of aromatic carboxylic acids is 2. The Morgan fingerprint density at radius 1 is 0.500 bits per heavy atom. The van der Waals surface area contributed by atoms with E-state index in [-0.39, 0.29) is 22.9 Å². The van der Waals surface area contributed by atoms with Crippen LogP contribution in [0.2, 0.25) is 0 Å². The van der Waals surface area contributed by atoms with Gasteiger partial charge >= 0.3 is 24.1 Å². The molecule has 8 N–H and O–H groups in total. The van der Waals surface area contributed by atoms with Gasteiger partial charge in [0.05, 0.1) is 11.1 Å². The zero-order chi connectivity index (χ0) is 44.4. The van der Waals surface area contributed by atoms with Crippen LogP contribution >= 0.6 is 0 Å². The molecule has 0 unspecified atom stereocenters. The lowest BCUT2D eigenvalue weighted by Crippen LogP contribution is -2.27. The Balaban J connectivity index is 0.000000398. The zero-order valence-corrected chi connectivity index (χ0v) is 34.4. The van der Waals surface area contributed by atoms with Gasteiger partial charge in [-0.2, -0.15) is 0 Å². The molecule has 0 radical (unpaired) electrons. The number of carboxylic acids is 2. The first-order chi connectivity index (χ1) is 26.8. The van der Waals surface area contributed by atoms with Crippen molar-refractivity contribution in [2.24, 2.45) is 0 Å². The molecule has 0 fully saturated rings. The van der Waals surface area contributed by atoms with E-state index in [1.807, 2.05) is 0 Å². The molecule has 4 aromatic rings. The number of benzene rings is 4. The molecule has 0 aliphatic heterocycles. The Morgan fingerprint density at radius 2 is 0.793 bits per heavy atom. The van der Waals surface area contributed by atoms with Crippen LogP contribution in [0.5, 0.6) is 0 Å². The van der Waals surface area contributed by atoms with E-state index >= 15 is 0 Å². The number of ether oxygens (including phenoxy) is 2. The highest BCUT2D eigenvalue weighted by Gasteiger charge is 2.18. The lowest BCUT2D eigenvalue weighted by Gasteiger charge is -2.19. The Hall–Kier alpha value is -7.10. The Labute approximate surface area is 338 Å². The highest BCUT2D eigenvalue weighted by atomic mass is 16.6. The summed E-state index contributed by atoms with van der Waals surface area (Å²) in [5, 5.41) is 22.3. The average Bonchev–Trinajstić information content (AvgIpc) is 3.10. The first-order valence-corrected chi connectivity index (χ1v) is 17.6. The summed E-state index contributed by atoms with van der Waals surface area (Å²) in [4.78, 5) is 70.2. The molecule has 0 heterocycles. The third-order valence-corrected chi connectivity index (χ3v) is 6.59. The third-order valence-electron chi connectivity index (χ3n) is 6.59. The van der Waals surface area contributed by atoms with Crippen LogP contribution in [0.3, 0.4) is 0 Å². The molecule has 0 bridgehead atoms. The number of rotatable bonds is 6. The number of hydrogen-bond donors (Lipinski definition) is 6. The smallest absolute Gasteiger partial charge is 0.412 e. The number of hydrogen-bond acceptors (Lipinski definition) is 10. The summed E-state index contributed by atoms with van der Waals surface area (Å²) in [6.45, 7) is 10.6. The highest BCUT2D eigenvalue weighted by molar-refractivity contribution is 5.96. The molecule has 4 amide bonds. The Morgan fingerprint density at radius 3 is 1.10 bits per heavy atom. The van der Waals surface area contributed by atoms with Crippen LogP contribution in [0.4, 0.5) is 32.3 Å². The SMILES string of the molecule is CC(C)(C)OC(=O)Nc1cccc(C(=O)O)c1.CN(C)C(=O)c1cccc(N)c1.CN(C)C(=O)c1cccc(NC(=O)OC(C)(C)C)c1.Nc1cccc(C(=O)O)c1. The van der Waals surface area contributed by atoms with Gasteiger partial charge in [-0.05, 0) is 114 Å². The Bertz CT molecular complexity index is 2040. The van der Waals surface area contributed by atoms with E-state index in [0.29, 0.717) is 33.9 Å². The summed E-state index contributed by atoms with van der Waals surface area (Å²) < 4.78 is 10.2. The molecule has 0 aliphatic carbocycles. The van der Waals surface area contributed by atoms with Gasteiger partial charge in [-0.25, -0.2) is 19.2 Å². The number of carboxylic acid groups (broad SMARTS) is 2. The fourth-order valence-electron chi connectivity index (χ4n) is 4.16. The molecule has 16 heteroatoms. The molecule has 4 rings (SSSR count). The van der Waals surface area contributed by atoms with Crippen molar-refractivity contribution >= 4 is 58.7 Å². The van der Waals surface area contributed by atoms with E-state index in [1.165, 1.54) is 34.1 Å². The van der Waals surface area contributed by atoms with E-state index in [4.69, 9.17) is 31.2 Å². The zero-order valence-electron chi connectivity index (χ0n) is 34.4. The molecule has 4 aromatic carbocycles. The summed E-state index contributed by atoms with van der Waals surface area (Å²) in [5.74, 6) is -2.14. The van der Waals surface area contributed by atoms with Crippen LogP contribution in [0.25, 0.3) is 0 Å².